The van der Waals surface area contributed by atoms with Gasteiger partial charge in [-0.25, -0.2) is 4.98 Å². The summed E-state index contributed by atoms with van der Waals surface area (Å²) in [5.41, 5.74) is 4.28. The fourth-order valence-corrected chi connectivity index (χ4v) is 6.38. The lowest BCUT2D eigenvalue weighted by atomic mass is 9.82. The topological polar surface area (TPSA) is 86.5 Å². The van der Waals surface area contributed by atoms with Crippen LogP contribution in [-0.4, -0.2) is 74.4 Å². The molecule has 8 nitrogen and oxygen atoms in total. The number of pyridine rings is 1. The van der Waals surface area contributed by atoms with Gasteiger partial charge >= 0.3 is 7.05 Å². The predicted molar refractivity (Wildman–Crippen MR) is 158 cm³/mol. The van der Waals surface area contributed by atoms with E-state index in [1.165, 1.54) is 11.1 Å². The number of imidazole rings is 1. The molecule has 1 aliphatic carbocycles. The minimum Gasteiger partial charge on any atom is -0.437 e. The molecule has 0 saturated carbocycles. The first-order valence-electron chi connectivity index (χ1n) is 13.5. The SMILES string of the molecule is CB(O)N1CCN([C@H]2c3ccc(Cl)cc3CCc3cc(Br)cnc32)[C@@H](C(=O)NCCC(C)(C)n2ccnc2)C1. The van der Waals surface area contributed by atoms with Crippen LogP contribution in [-0.2, 0) is 23.2 Å². The Bertz CT molecular complexity index is 1270. The van der Waals surface area contributed by atoms with Crippen LogP contribution in [0.15, 0.2) is 53.7 Å². The maximum absolute atomic E-state index is 13.9. The number of hydrogen-bond donors (Lipinski definition) is 2. The zero-order valence-electron chi connectivity index (χ0n) is 22.6. The van der Waals surface area contributed by atoms with Gasteiger partial charge in [-0.2, -0.15) is 0 Å². The summed E-state index contributed by atoms with van der Waals surface area (Å²) in [5, 5.41) is 14.3. The van der Waals surface area contributed by atoms with E-state index in [0.29, 0.717) is 31.2 Å². The summed E-state index contributed by atoms with van der Waals surface area (Å²) in [7, 11) is -0.635. The molecule has 2 aliphatic rings. The smallest absolute Gasteiger partial charge is 0.376 e. The van der Waals surface area contributed by atoms with Gasteiger partial charge in [0.1, 0.15) is 6.04 Å². The van der Waals surface area contributed by atoms with Crippen LogP contribution in [0.5, 0.6) is 0 Å². The molecule has 0 spiro atoms. The number of benzene rings is 1. The van der Waals surface area contributed by atoms with E-state index in [1.807, 2.05) is 35.7 Å². The van der Waals surface area contributed by atoms with E-state index in [4.69, 9.17) is 16.6 Å². The van der Waals surface area contributed by atoms with Gasteiger partial charge in [-0.1, -0.05) is 17.7 Å². The highest BCUT2D eigenvalue weighted by atomic mass is 79.9. The molecule has 0 unspecified atom stereocenters. The van der Waals surface area contributed by atoms with Crippen molar-refractivity contribution in [2.45, 2.75) is 57.6 Å². The Morgan fingerprint density at radius 3 is 2.79 bits per heavy atom. The van der Waals surface area contributed by atoms with Crippen LogP contribution in [0.1, 0.15) is 48.7 Å². The van der Waals surface area contributed by atoms with Crippen molar-refractivity contribution in [3.8, 4) is 0 Å². The molecule has 1 fully saturated rings. The molecule has 5 rings (SSSR count). The molecule has 1 aliphatic heterocycles. The van der Waals surface area contributed by atoms with E-state index >= 15 is 0 Å². The van der Waals surface area contributed by atoms with Gasteiger partial charge in [0, 0.05) is 59.8 Å². The standard InChI is InChI=1S/C28H35BBrClN6O2/c1-28(2,35-11-10-32-18-35)8-9-33-27(38)24-17-36(29(3)39)12-13-37(24)26-23-7-6-22(31)15-19(23)4-5-20-14-21(30)16-34-25(20)26/h6-7,10-11,14-16,18,24,26,39H,4-5,8-9,12-13,17H2,1-3H3,(H,33,38)/t24-,26+/m1/s1. The number of piperazine rings is 1. The lowest BCUT2D eigenvalue weighted by Crippen LogP contribution is -2.62. The first kappa shape index (κ1) is 28.3. The second-order valence-corrected chi connectivity index (χ2v) is 12.5. The molecule has 2 aromatic heterocycles. The van der Waals surface area contributed by atoms with Crippen molar-refractivity contribution >= 4 is 40.5 Å². The van der Waals surface area contributed by atoms with Gasteiger partial charge in [-0.3, -0.25) is 14.7 Å². The van der Waals surface area contributed by atoms with E-state index < -0.39 is 13.1 Å². The number of amides is 1. The number of carbonyl (C=O) groups excluding carboxylic acids is 1. The highest BCUT2D eigenvalue weighted by Gasteiger charge is 2.41. The summed E-state index contributed by atoms with van der Waals surface area (Å²) in [5.74, 6) is -0.0415. The van der Waals surface area contributed by atoms with Crippen molar-refractivity contribution in [1.82, 2.24) is 29.6 Å². The van der Waals surface area contributed by atoms with Crippen LogP contribution in [0, 0.1) is 0 Å². The van der Waals surface area contributed by atoms with Gasteiger partial charge in [-0.15, -0.1) is 0 Å². The Hall–Kier alpha value is -2.24. The Labute approximate surface area is 244 Å². The third-order valence-corrected chi connectivity index (χ3v) is 8.81. The zero-order chi connectivity index (χ0) is 27.7. The van der Waals surface area contributed by atoms with Crippen LogP contribution in [0.3, 0.4) is 0 Å². The van der Waals surface area contributed by atoms with E-state index in [2.05, 4.69) is 61.7 Å². The Morgan fingerprint density at radius 2 is 2.05 bits per heavy atom. The van der Waals surface area contributed by atoms with E-state index in [0.717, 1.165) is 35.0 Å². The van der Waals surface area contributed by atoms with Crippen LogP contribution in [0.25, 0.3) is 0 Å². The molecule has 11 heteroatoms. The zero-order valence-corrected chi connectivity index (χ0v) is 25.0. The number of hydrogen-bond acceptors (Lipinski definition) is 6. The largest absolute Gasteiger partial charge is 0.437 e. The predicted octanol–water partition coefficient (Wildman–Crippen LogP) is 3.92. The van der Waals surface area contributed by atoms with Crippen LogP contribution in [0.2, 0.25) is 11.8 Å². The molecule has 0 bridgehead atoms. The summed E-state index contributed by atoms with van der Waals surface area (Å²) in [6.45, 7) is 8.26. The fraction of sp³-hybridized carbons (Fsp3) is 0.464. The minimum absolute atomic E-state index is 0.0415. The molecule has 2 N–H and O–H groups in total. The molecule has 2 atom stereocenters. The molecule has 39 heavy (non-hydrogen) atoms. The summed E-state index contributed by atoms with van der Waals surface area (Å²) >= 11 is 10.0. The summed E-state index contributed by atoms with van der Waals surface area (Å²) in [6.07, 6.45) is 9.82. The Morgan fingerprint density at radius 1 is 1.26 bits per heavy atom. The number of nitrogens with one attached hydrogen (secondary N) is 1. The lowest BCUT2D eigenvalue weighted by Gasteiger charge is -2.45. The number of fused-ring (bicyclic) bond motifs is 2. The quantitative estimate of drug-likeness (QED) is 0.393. The average molecular weight is 614 g/mol. The van der Waals surface area contributed by atoms with E-state index in [9.17, 15) is 9.82 Å². The normalized spacial score (nSPS) is 20.2. The van der Waals surface area contributed by atoms with Crippen molar-refractivity contribution in [3.05, 3.63) is 81.1 Å². The van der Waals surface area contributed by atoms with Gasteiger partial charge in [0.15, 0.2) is 0 Å². The van der Waals surface area contributed by atoms with Crippen molar-refractivity contribution < 1.29 is 9.82 Å². The molecule has 3 heterocycles. The first-order valence-corrected chi connectivity index (χ1v) is 14.7. The lowest BCUT2D eigenvalue weighted by molar-refractivity contribution is -0.129. The molecular formula is C28H35BBrClN6O2. The molecule has 3 aromatic rings. The number of halogens is 2. The van der Waals surface area contributed by atoms with Gasteiger partial charge < -0.3 is 19.7 Å². The average Bonchev–Trinajstić information content (AvgIpc) is 3.41. The number of rotatable bonds is 7. The Balaban J connectivity index is 1.46. The molecule has 1 saturated heterocycles. The number of nitrogens with zero attached hydrogens (tertiary/aromatic N) is 5. The van der Waals surface area contributed by atoms with Crippen molar-refractivity contribution in [3.63, 3.8) is 0 Å². The highest BCUT2D eigenvalue weighted by molar-refractivity contribution is 9.10. The van der Waals surface area contributed by atoms with Crippen molar-refractivity contribution in [2.75, 3.05) is 26.2 Å². The monoisotopic (exact) mass is 612 g/mol. The van der Waals surface area contributed by atoms with Crippen molar-refractivity contribution in [1.29, 1.82) is 0 Å². The molecule has 1 amide bonds. The fourth-order valence-electron chi connectivity index (χ4n) is 5.80. The molecule has 206 valence electrons. The van der Waals surface area contributed by atoms with Gasteiger partial charge in [0.05, 0.1) is 18.1 Å². The van der Waals surface area contributed by atoms with E-state index in [-0.39, 0.29) is 17.5 Å². The maximum Gasteiger partial charge on any atom is 0.376 e. The summed E-state index contributed by atoms with van der Waals surface area (Å²) in [4.78, 5) is 27.2. The summed E-state index contributed by atoms with van der Waals surface area (Å²) < 4.78 is 3.01. The van der Waals surface area contributed by atoms with Crippen LogP contribution in [0.4, 0.5) is 0 Å². The van der Waals surface area contributed by atoms with Gasteiger partial charge in [-0.05, 0) is 90.8 Å². The number of aryl methyl sites for hydroxylation is 2. The Kier molecular flexibility index (Phi) is 8.49. The third-order valence-electron chi connectivity index (χ3n) is 8.15. The molecule has 0 radical (unpaired) electrons. The highest BCUT2D eigenvalue weighted by Crippen LogP contribution is 2.39. The van der Waals surface area contributed by atoms with Crippen molar-refractivity contribution in [2.24, 2.45) is 0 Å². The number of carbonyl (C=O) groups is 1. The van der Waals surface area contributed by atoms with Crippen LogP contribution < -0.4 is 5.32 Å². The maximum atomic E-state index is 13.9. The van der Waals surface area contributed by atoms with Gasteiger partial charge in [0.2, 0.25) is 5.91 Å². The molecule has 1 aromatic carbocycles. The third kappa shape index (κ3) is 6.10. The van der Waals surface area contributed by atoms with E-state index in [1.54, 1.807) is 13.0 Å². The number of aromatic nitrogens is 3. The second kappa shape index (κ2) is 11.7. The first-order chi connectivity index (χ1) is 18.6. The molecular weight excluding hydrogens is 579 g/mol. The summed E-state index contributed by atoms with van der Waals surface area (Å²) in [6, 6.07) is 7.54. The van der Waals surface area contributed by atoms with Gasteiger partial charge in [0.25, 0.3) is 0 Å². The second-order valence-electron chi connectivity index (χ2n) is 11.1. The van der Waals surface area contributed by atoms with Crippen LogP contribution >= 0.6 is 27.5 Å². The minimum atomic E-state index is -0.635.